The molecule has 8 heteroatoms. The number of benzene rings is 1. The fourth-order valence-corrected chi connectivity index (χ4v) is 4.76. The molecule has 7 nitrogen and oxygen atoms in total. The summed E-state index contributed by atoms with van der Waals surface area (Å²) in [5.74, 6) is 0.282. The Balaban J connectivity index is 1.30. The van der Waals surface area contributed by atoms with Gasteiger partial charge in [0.15, 0.2) is 10.8 Å². The van der Waals surface area contributed by atoms with Gasteiger partial charge in [0, 0.05) is 25.0 Å². The molecule has 0 spiro atoms. The topological polar surface area (TPSA) is 80.1 Å². The van der Waals surface area contributed by atoms with Crippen LogP contribution in [0.5, 0.6) is 0 Å². The Morgan fingerprint density at radius 1 is 1.14 bits per heavy atom. The second-order valence-electron chi connectivity index (χ2n) is 7.86. The number of thiazole rings is 1. The molecule has 1 aliphatic heterocycles. The van der Waals surface area contributed by atoms with Crippen molar-refractivity contribution in [1.82, 2.24) is 19.9 Å². The van der Waals surface area contributed by atoms with E-state index in [9.17, 15) is 9.59 Å². The summed E-state index contributed by atoms with van der Waals surface area (Å²) in [5, 5.41) is 3.93. The van der Waals surface area contributed by atoms with Crippen molar-refractivity contribution in [3.63, 3.8) is 0 Å². The van der Waals surface area contributed by atoms with Gasteiger partial charge < -0.3 is 10.2 Å². The lowest BCUT2D eigenvalue weighted by molar-refractivity contribution is -0.125. The lowest BCUT2D eigenvalue weighted by atomic mass is 9.96. The number of nitrogens with zero attached hydrogens (tertiary/aromatic N) is 4. The smallest absolute Gasteiger partial charge is 0.273 e. The molecule has 5 rings (SSSR count). The lowest BCUT2D eigenvalue weighted by Gasteiger charge is -2.30. The van der Waals surface area contributed by atoms with Gasteiger partial charge in [0.2, 0.25) is 5.91 Å². The van der Waals surface area contributed by atoms with Crippen molar-refractivity contribution in [3.05, 3.63) is 52.6 Å². The second kappa shape index (κ2) is 7.59. The van der Waals surface area contributed by atoms with Gasteiger partial charge in [-0.3, -0.25) is 14.2 Å². The summed E-state index contributed by atoms with van der Waals surface area (Å²) in [4.78, 5) is 36.3. The largest absolute Gasteiger partial charge is 0.353 e. The third-order valence-electron chi connectivity index (χ3n) is 5.63. The first-order valence-electron chi connectivity index (χ1n) is 10.1. The highest BCUT2D eigenvalue weighted by atomic mass is 32.1. The first-order valence-corrected chi connectivity index (χ1v) is 10.9. The van der Waals surface area contributed by atoms with Crippen LogP contribution in [0, 0.1) is 5.92 Å². The lowest BCUT2D eigenvalue weighted by Crippen LogP contribution is -2.41. The van der Waals surface area contributed by atoms with Crippen molar-refractivity contribution < 1.29 is 4.79 Å². The fourth-order valence-electron chi connectivity index (χ4n) is 3.74. The summed E-state index contributed by atoms with van der Waals surface area (Å²) >= 11 is 1.40. The quantitative estimate of drug-likeness (QED) is 0.700. The van der Waals surface area contributed by atoms with E-state index in [0.717, 1.165) is 49.5 Å². The number of hydrogen-bond donors (Lipinski definition) is 1. The highest BCUT2D eigenvalue weighted by Gasteiger charge is 2.30. The molecule has 29 heavy (non-hydrogen) atoms. The van der Waals surface area contributed by atoms with E-state index in [1.165, 1.54) is 11.3 Å². The van der Waals surface area contributed by atoms with E-state index in [1.807, 2.05) is 30.3 Å². The number of amides is 1. The zero-order valence-corrected chi connectivity index (χ0v) is 16.9. The maximum Gasteiger partial charge on any atom is 0.273 e. The standard InChI is InChI=1S/C21H23N5O2S/c27-19(23-16-6-7-16)15-8-10-25(11-9-15)21-24-18-17(29-21)20(28)26(13-22-18)12-14-4-2-1-3-5-14/h1-5,13,15-16H,6-12H2,(H,23,27). The molecule has 1 aliphatic carbocycles. The van der Waals surface area contributed by atoms with Crippen molar-refractivity contribution in [1.29, 1.82) is 0 Å². The van der Waals surface area contributed by atoms with Gasteiger partial charge in [0.1, 0.15) is 11.0 Å². The monoisotopic (exact) mass is 409 g/mol. The van der Waals surface area contributed by atoms with E-state index in [-0.39, 0.29) is 17.4 Å². The van der Waals surface area contributed by atoms with Crippen LogP contribution < -0.4 is 15.8 Å². The number of aromatic nitrogens is 3. The molecule has 3 heterocycles. The fraction of sp³-hybridized carbons (Fsp3) is 0.429. The van der Waals surface area contributed by atoms with Gasteiger partial charge in [-0.15, -0.1) is 0 Å². The summed E-state index contributed by atoms with van der Waals surface area (Å²) in [7, 11) is 0. The van der Waals surface area contributed by atoms with Gasteiger partial charge in [-0.25, -0.2) is 4.98 Å². The van der Waals surface area contributed by atoms with Crippen LogP contribution in [0.2, 0.25) is 0 Å². The number of carbonyl (C=O) groups excluding carboxylic acids is 1. The Morgan fingerprint density at radius 3 is 2.62 bits per heavy atom. The molecule has 2 aromatic heterocycles. The van der Waals surface area contributed by atoms with Gasteiger partial charge in [0.25, 0.3) is 5.56 Å². The molecule has 0 bridgehead atoms. The van der Waals surface area contributed by atoms with E-state index in [4.69, 9.17) is 0 Å². The van der Waals surface area contributed by atoms with E-state index < -0.39 is 0 Å². The Bertz CT molecular complexity index is 1080. The SMILES string of the molecule is O=C(NC1CC1)C1CCN(c2nc3ncn(Cc4ccccc4)c(=O)c3s2)CC1. The Kier molecular flexibility index (Phi) is 4.79. The average molecular weight is 410 g/mol. The molecule has 1 aromatic carbocycles. The molecule has 150 valence electrons. The van der Waals surface area contributed by atoms with Crippen LogP contribution in [0.3, 0.4) is 0 Å². The predicted molar refractivity (Wildman–Crippen MR) is 113 cm³/mol. The summed E-state index contributed by atoms with van der Waals surface area (Å²) in [6, 6.07) is 10.3. The summed E-state index contributed by atoms with van der Waals surface area (Å²) < 4.78 is 2.22. The van der Waals surface area contributed by atoms with Gasteiger partial charge in [-0.2, -0.15) is 4.98 Å². The predicted octanol–water partition coefficient (Wildman–Crippen LogP) is 2.40. The molecule has 3 aromatic rings. The highest BCUT2D eigenvalue weighted by Crippen LogP contribution is 2.30. The first kappa shape index (κ1) is 18.3. The number of anilines is 1. The Hall–Kier alpha value is -2.74. The van der Waals surface area contributed by atoms with Crippen molar-refractivity contribution in [2.45, 2.75) is 38.3 Å². The molecule has 1 amide bonds. The minimum absolute atomic E-state index is 0.0544. The van der Waals surface area contributed by atoms with Crippen molar-refractivity contribution in [2.75, 3.05) is 18.0 Å². The third kappa shape index (κ3) is 3.89. The van der Waals surface area contributed by atoms with Crippen molar-refractivity contribution in [2.24, 2.45) is 5.92 Å². The molecule has 0 atom stereocenters. The highest BCUT2D eigenvalue weighted by molar-refractivity contribution is 7.22. The Labute approximate surface area is 172 Å². The van der Waals surface area contributed by atoms with Crippen LogP contribution >= 0.6 is 11.3 Å². The maximum atomic E-state index is 12.9. The summed E-state index contributed by atoms with van der Waals surface area (Å²) in [6.07, 6.45) is 5.45. The van der Waals surface area contributed by atoms with E-state index in [2.05, 4.69) is 20.2 Å². The number of fused-ring (bicyclic) bond motifs is 1. The molecule has 0 radical (unpaired) electrons. The van der Waals surface area contributed by atoms with Crippen LogP contribution in [-0.4, -0.2) is 39.6 Å². The van der Waals surface area contributed by atoms with Gasteiger partial charge in [0.05, 0.1) is 6.54 Å². The molecule has 0 unspecified atom stereocenters. The number of hydrogen-bond acceptors (Lipinski definition) is 6. The minimum atomic E-state index is -0.0544. The molecule has 2 fully saturated rings. The molecule has 1 N–H and O–H groups in total. The summed E-state index contributed by atoms with van der Waals surface area (Å²) in [6.45, 7) is 2.05. The zero-order chi connectivity index (χ0) is 19.8. The van der Waals surface area contributed by atoms with Crippen molar-refractivity contribution >= 4 is 32.7 Å². The first-order chi connectivity index (χ1) is 14.2. The molecular formula is C21H23N5O2S. The number of piperidine rings is 1. The average Bonchev–Trinajstić information content (AvgIpc) is 3.45. The second-order valence-corrected chi connectivity index (χ2v) is 8.83. The summed E-state index contributed by atoms with van der Waals surface area (Å²) in [5.41, 5.74) is 1.52. The van der Waals surface area contributed by atoms with E-state index in [1.54, 1.807) is 10.9 Å². The maximum absolute atomic E-state index is 12.9. The third-order valence-corrected chi connectivity index (χ3v) is 6.72. The van der Waals surface area contributed by atoms with Gasteiger partial charge >= 0.3 is 0 Å². The van der Waals surface area contributed by atoms with Crippen LogP contribution in [-0.2, 0) is 11.3 Å². The number of carbonyl (C=O) groups is 1. The van der Waals surface area contributed by atoms with Crippen LogP contribution in [0.25, 0.3) is 10.3 Å². The van der Waals surface area contributed by atoms with Gasteiger partial charge in [-0.1, -0.05) is 41.7 Å². The van der Waals surface area contributed by atoms with Crippen LogP contribution in [0.1, 0.15) is 31.2 Å². The molecule has 1 saturated carbocycles. The van der Waals surface area contributed by atoms with Crippen LogP contribution in [0.15, 0.2) is 41.5 Å². The normalized spacial score (nSPS) is 17.6. The molecule has 2 aliphatic rings. The number of nitrogens with one attached hydrogen (secondary N) is 1. The number of rotatable bonds is 5. The van der Waals surface area contributed by atoms with Crippen LogP contribution in [0.4, 0.5) is 5.13 Å². The minimum Gasteiger partial charge on any atom is -0.353 e. The zero-order valence-electron chi connectivity index (χ0n) is 16.1. The van der Waals surface area contributed by atoms with E-state index >= 15 is 0 Å². The molecule has 1 saturated heterocycles. The van der Waals surface area contributed by atoms with E-state index in [0.29, 0.717) is 22.9 Å². The van der Waals surface area contributed by atoms with Gasteiger partial charge in [-0.05, 0) is 31.2 Å². The molecular weight excluding hydrogens is 386 g/mol. The van der Waals surface area contributed by atoms with Crippen molar-refractivity contribution in [3.8, 4) is 0 Å². The Morgan fingerprint density at radius 2 is 1.90 bits per heavy atom.